The van der Waals surface area contributed by atoms with Gasteiger partial charge in [0, 0.05) is 11.4 Å². The van der Waals surface area contributed by atoms with Gasteiger partial charge in [0.05, 0.1) is 0 Å². The summed E-state index contributed by atoms with van der Waals surface area (Å²) in [6, 6.07) is 8.08. The molecular weight excluding hydrogens is 512 g/mol. The van der Waals surface area contributed by atoms with Crippen molar-refractivity contribution < 1.29 is 25.9 Å². The van der Waals surface area contributed by atoms with Crippen LogP contribution in [-0.4, -0.2) is 55.8 Å². The SMILES string of the molecule is O=S(=O)(O)c1cc(Nc2ncncn2)ccc1/C=C/c1ccc(Nc2ncncn2)cc1S(=O)(=O)O. The van der Waals surface area contributed by atoms with Crippen LogP contribution in [0.3, 0.4) is 0 Å². The zero-order valence-electron chi connectivity index (χ0n) is 18.0. The third-order valence-electron chi connectivity index (χ3n) is 4.52. The van der Waals surface area contributed by atoms with Gasteiger partial charge < -0.3 is 10.6 Å². The minimum Gasteiger partial charge on any atom is -0.324 e. The molecule has 14 nitrogen and oxygen atoms in total. The average Bonchev–Trinajstić information content (AvgIpc) is 2.84. The van der Waals surface area contributed by atoms with E-state index in [2.05, 4.69) is 40.5 Å². The van der Waals surface area contributed by atoms with Gasteiger partial charge in [0.15, 0.2) is 0 Å². The molecule has 0 aliphatic rings. The van der Waals surface area contributed by atoms with Crippen LogP contribution < -0.4 is 10.6 Å². The van der Waals surface area contributed by atoms with Crippen LogP contribution in [0.5, 0.6) is 0 Å². The predicted octanol–water partition coefficient (Wildman–Crippen LogP) is 2.21. The van der Waals surface area contributed by atoms with Crippen LogP contribution in [0.1, 0.15) is 11.1 Å². The van der Waals surface area contributed by atoms with Crippen molar-refractivity contribution in [2.24, 2.45) is 0 Å². The van der Waals surface area contributed by atoms with Gasteiger partial charge in [-0.2, -0.15) is 16.8 Å². The van der Waals surface area contributed by atoms with Crippen molar-refractivity contribution in [1.29, 1.82) is 0 Å². The van der Waals surface area contributed by atoms with Crippen molar-refractivity contribution in [3.8, 4) is 0 Å². The lowest BCUT2D eigenvalue weighted by Crippen LogP contribution is -2.04. The fraction of sp³-hybridized carbons (Fsp3) is 0. The molecule has 4 N–H and O–H groups in total. The van der Waals surface area contributed by atoms with E-state index in [4.69, 9.17) is 0 Å². The number of hydrogen-bond donors (Lipinski definition) is 4. The first-order chi connectivity index (χ1) is 17.1. The molecule has 0 spiro atoms. The highest BCUT2D eigenvalue weighted by molar-refractivity contribution is 7.86. The van der Waals surface area contributed by atoms with Crippen LogP contribution in [0.2, 0.25) is 0 Å². The molecule has 0 amide bonds. The zero-order valence-corrected chi connectivity index (χ0v) is 19.6. The molecule has 0 bridgehead atoms. The molecule has 0 fully saturated rings. The Labute approximate surface area is 204 Å². The molecule has 0 aliphatic heterocycles. The van der Waals surface area contributed by atoms with Gasteiger partial charge in [-0.15, -0.1) is 0 Å². The fourth-order valence-corrected chi connectivity index (χ4v) is 4.41. The maximum Gasteiger partial charge on any atom is 0.295 e. The second kappa shape index (κ2) is 10.1. The van der Waals surface area contributed by atoms with Crippen LogP contribution in [0.4, 0.5) is 23.3 Å². The van der Waals surface area contributed by atoms with Gasteiger partial charge >= 0.3 is 0 Å². The molecule has 0 atom stereocenters. The van der Waals surface area contributed by atoms with E-state index in [0.29, 0.717) is 0 Å². The van der Waals surface area contributed by atoms with Gasteiger partial charge in [0.25, 0.3) is 20.2 Å². The van der Waals surface area contributed by atoms with E-state index >= 15 is 0 Å². The van der Waals surface area contributed by atoms with E-state index in [9.17, 15) is 25.9 Å². The molecule has 0 saturated carbocycles. The Morgan fingerprint density at radius 3 is 1.31 bits per heavy atom. The van der Waals surface area contributed by atoms with E-state index in [-0.39, 0.29) is 34.4 Å². The smallest absolute Gasteiger partial charge is 0.295 e. The van der Waals surface area contributed by atoms with Gasteiger partial charge in [-0.05, 0) is 35.4 Å². The maximum absolute atomic E-state index is 12.0. The molecule has 4 rings (SSSR count). The lowest BCUT2D eigenvalue weighted by molar-refractivity contribution is 0.480. The van der Waals surface area contributed by atoms with Crippen molar-refractivity contribution in [3.05, 3.63) is 72.8 Å². The van der Waals surface area contributed by atoms with Crippen molar-refractivity contribution in [1.82, 2.24) is 29.9 Å². The largest absolute Gasteiger partial charge is 0.324 e. The van der Waals surface area contributed by atoms with E-state index < -0.39 is 30.0 Å². The van der Waals surface area contributed by atoms with Gasteiger partial charge in [-0.3, -0.25) is 9.11 Å². The summed E-state index contributed by atoms with van der Waals surface area (Å²) in [5.41, 5.74) is 0.622. The highest BCUT2D eigenvalue weighted by atomic mass is 32.2. The Balaban J connectivity index is 1.68. The van der Waals surface area contributed by atoms with Gasteiger partial charge in [0.2, 0.25) is 11.9 Å². The minimum absolute atomic E-state index is 0.0485. The van der Waals surface area contributed by atoms with Crippen molar-refractivity contribution in [2.45, 2.75) is 9.79 Å². The van der Waals surface area contributed by atoms with Crippen LogP contribution in [0.15, 0.2) is 71.5 Å². The minimum atomic E-state index is -4.67. The summed E-state index contributed by atoms with van der Waals surface area (Å²) in [5, 5.41) is 5.55. The normalized spacial score (nSPS) is 11.9. The summed E-state index contributed by atoms with van der Waals surface area (Å²) >= 11 is 0. The number of rotatable bonds is 8. The monoisotopic (exact) mass is 528 g/mol. The zero-order chi connectivity index (χ0) is 25.8. The predicted molar refractivity (Wildman–Crippen MR) is 128 cm³/mol. The lowest BCUT2D eigenvalue weighted by atomic mass is 10.1. The Bertz CT molecular complexity index is 1510. The van der Waals surface area contributed by atoms with Crippen molar-refractivity contribution in [3.63, 3.8) is 0 Å². The number of benzene rings is 2. The van der Waals surface area contributed by atoms with Crippen LogP contribution >= 0.6 is 0 Å². The first-order valence-electron chi connectivity index (χ1n) is 9.79. The van der Waals surface area contributed by atoms with Crippen molar-refractivity contribution >= 4 is 55.7 Å². The molecule has 36 heavy (non-hydrogen) atoms. The molecule has 2 heterocycles. The number of nitrogens with zero attached hydrogens (tertiary/aromatic N) is 6. The number of hydrogen-bond acceptors (Lipinski definition) is 12. The third-order valence-corrected chi connectivity index (χ3v) is 6.34. The van der Waals surface area contributed by atoms with Gasteiger partial charge in [0.1, 0.15) is 35.1 Å². The summed E-state index contributed by atoms with van der Waals surface area (Å²) in [6.45, 7) is 0. The second-order valence-electron chi connectivity index (χ2n) is 6.96. The summed E-state index contributed by atoms with van der Waals surface area (Å²) in [7, 11) is -9.35. The second-order valence-corrected chi connectivity index (χ2v) is 9.74. The van der Waals surface area contributed by atoms with E-state index in [1.807, 2.05) is 0 Å². The molecule has 0 radical (unpaired) electrons. The number of anilines is 4. The number of aromatic nitrogens is 6. The molecule has 0 saturated heterocycles. The van der Waals surface area contributed by atoms with Gasteiger partial charge in [-0.25, -0.2) is 29.9 Å². The van der Waals surface area contributed by atoms with E-state index in [1.165, 1.54) is 61.7 Å². The fourth-order valence-electron chi connectivity index (χ4n) is 2.99. The summed E-state index contributed by atoms with van der Waals surface area (Å²) < 4.78 is 67.5. The number of nitrogens with one attached hydrogen (secondary N) is 2. The molecular formula is C20H16N8O6S2. The molecule has 184 valence electrons. The maximum atomic E-state index is 12.0. The molecule has 4 aromatic rings. The average molecular weight is 529 g/mol. The standard InChI is InChI=1S/C20H16N8O6S2/c29-35(30,31)17-7-15(27-19-23-9-21-10-24-19)5-3-13(17)1-2-14-4-6-16(8-18(14)36(32,33)34)28-20-25-11-22-12-26-20/h1-12H,(H,29,30,31)(H,32,33,34)(H,21,23,24,27)(H,22,25,26,28)/b2-1+. The molecule has 0 aliphatic carbocycles. The Kier molecular flexibility index (Phi) is 6.93. The summed E-state index contributed by atoms with van der Waals surface area (Å²) in [5.74, 6) is 0.302. The Morgan fingerprint density at radius 1 is 0.611 bits per heavy atom. The summed E-state index contributed by atoms with van der Waals surface area (Å²) in [6.07, 6.45) is 7.53. The third kappa shape index (κ3) is 6.19. The van der Waals surface area contributed by atoms with Crippen LogP contribution in [-0.2, 0) is 20.2 Å². The first kappa shape index (κ1) is 24.7. The topological polar surface area (TPSA) is 210 Å². The molecule has 16 heteroatoms. The Morgan fingerprint density at radius 2 is 0.972 bits per heavy atom. The van der Waals surface area contributed by atoms with Crippen molar-refractivity contribution in [2.75, 3.05) is 10.6 Å². The van der Waals surface area contributed by atoms with Gasteiger partial charge in [-0.1, -0.05) is 24.3 Å². The van der Waals surface area contributed by atoms with E-state index in [1.54, 1.807) is 0 Å². The lowest BCUT2D eigenvalue weighted by Gasteiger charge is -2.10. The van der Waals surface area contributed by atoms with E-state index in [0.717, 1.165) is 12.1 Å². The molecule has 2 aromatic heterocycles. The molecule has 2 aromatic carbocycles. The first-order valence-corrected chi connectivity index (χ1v) is 12.7. The quantitative estimate of drug-likeness (QED) is 0.191. The molecule has 0 unspecified atom stereocenters. The highest BCUT2D eigenvalue weighted by Crippen LogP contribution is 2.27. The van der Waals surface area contributed by atoms with Crippen LogP contribution in [0.25, 0.3) is 12.2 Å². The highest BCUT2D eigenvalue weighted by Gasteiger charge is 2.18. The summed E-state index contributed by atoms with van der Waals surface area (Å²) in [4.78, 5) is 21.9. The van der Waals surface area contributed by atoms with Crippen LogP contribution in [0, 0.1) is 0 Å². The Hall–Kier alpha value is -4.38.